The minimum absolute atomic E-state index is 0.177. The first-order valence-corrected chi connectivity index (χ1v) is 5.60. The summed E-state index contributed by atoms with van der Waals surface area (Å²) in [4.78, 5) is 12.3. The summed E-state index contributed by atoms with van der Waals surface area (Å²) in [7, 11) is 0. The first-order valence-electron chi connectivity index (χ1n) is 5.60. The number of nitrogens with zero attached hydrogens (tertiary/aromatic N) is 2. The van der Waals surface area contributed by atoms with Gasteiger partial charge in [-0.2, -0.15) is 4.68 Å². The molecule has 0 saturated carbocycles. The average molecular weight is 237 g/mol. The van der Waals surface area contributed by atoms with Crippen LogP contribution in [-0.4, -0.2) is 15.7 Å². The predicted molar refractivity (Wildman–Crippen MR) is 70.3 cm³/mol. The summed E-state index contributed by atoms with van der Waals surface area (Å²) in [5.74, 6) is 0.193. The Bertz CT molecular complexity index is 716. The van der Waals surface area contributed by atoms with Gasteiger partial charge in [0.2, 0.25) is 0 Å². The number of nitrogen functional groups attached to an aromatic ring is 1. The Morgan fingerprint density at radius 1 is 1.00 bits per heavy atom. The van der Waals surface area contributed by atoms with E-state index in [4.69, 9.17) is 5.73 Å². The van der Waals surface area contributed by atoms with Crippen LogP contribution in [0.25, 0.3) is 10.9 Å². The number of aromatic nitrogens is 2. The summed E-state index contributed by atoms with van der Waals surface area (Å²) >= 11 is 0. The third kappa shape index (κ3) is 1.55. The molecule has 4 heteroatoms. The molecule has 0 aliphatic heterocycles. The molecule has 0 fully saturated rings. The van der Waals surface area contributed by atoms with Crippen LogP contribution in [0.3, 0.4) is 0 Å². The van der Waals surface area contributed by atoms with Crippen LogP contribution in [0, 0.1) is 0 Å². The number of hydrogen-bond donors (Lipinski definition) is 1. The van der Waals surface area contributed by atoms with Crippen molar-refractivity contribution in [3.8, 4) is 0 Å². The lowest BCUT2D eigenvalue weighted by molar-refractivity contribution is 0.0951. The first-order chi connectivity index (χ1) is 8.77. The SMILES string of the molecule is Nc1nn(C(=O)c2ccccc2)c2ccccc12. The molecule has 1 heterocycles. The van der Waals surface area contributed by atoms with Gasteiger partial charge in [-0.1, -0.05) is 30.3 Å². The Morgan fingerprint density at radius 3 is 2.44 bits per heavy atom. The van der Waals surface area contributed by atoms with E-state index in [1.165, 1.54) is 4.68 Å². The van der Waals surface area contributed by atoms with Gasteiger partial charge in [0.05, 0.1) is 5.52 Å². The highest BCUT2D eigenvalue weighted by atomic mass is 16.2. The number of anilines is 1. The molecule has 0 radical (unpaired) electrons. The molecular weight excluding hydrogens is 226 g/mol. The number of fused-ring (bicyclic) bond motifs is 1. The van der Waals surface area contributed by atoms with E-state index in [9.17, 15) is 4.79 Å². The van der Waals surface area contributed by atoms with E-state index in [1.807, 2.05) is 42.5 Å². The third-order valence-corrected chi connectivity index (χ3v) is 2.83. The van der Waals surface area contributed by atoms with Crippen molar-refractivity contribution in [2.75, 3.05) is 5.73 Å². The molecule has 0 atom stereocenters. The highest BCUT2D eigenvalue weighted by molar-refractivity contribution is 6.03. The van der Waals surface area contributed by atoms with Gasteiger partial charge in [-0.25, -0.2) is 0 Å². The van der Waals surface area contributed by atoms with Crippen LogP contribution in [0.1, 0.15) is 10.4 Å². The molecule has 1 aromatic heterocycles. The van der Waals surface area contributed by atoms with Gasteiger partial charge >= 0.3 is 0 Å². The van der Waals surface area contributed by atoms with Crippen LogP contribution < -0.4 is 5.73 Å². The van der Waals surface area contributed by atoms with E-state index in [0.29, 0.717) is 11.4 Å². The second kappa shape index (κ2) is 4.00. The average Bonchev–Trinajstić information content (AvgIpc) is 2.77. The van der Waals surface area contributed by atoms with Crippen molar-refractivity contribution in [2.45, 2.75) is 0 Å². The Hall–Kier alpha value is -2.62. The highest BCUT2D eigenvalue weighted by Gasteiger charge is 2.14. The van der Waals surface area contributed by atoms with E-state index in [0.717, 1.165) is 10.9 Å². The van der Waals surface area contributed by atoms with E-state index >= 15 is 0 Å². The van der Waals surface area contributed by atoms with Crippen molar-refractivity contribution in [2.24, 2.45) is 0 Å². The van der Waals surface area contributed by atoms with Crippen LogP contribution >= 0.6 is 0 Å². The maximum Gasteiger partial charge on any atom is 0.278 e. The quantitative estimate of drug-likeness (QED) is 0.706. The van der Waals surface area contributed by atoms with E-state index < -0.39 is 0 Å². The number of carbonyl (C=O) groups is 1. The molecule has 3 rings (SSSR count). The molecule has 0 bridgehead atoms. The van der Waals surface area contributed by atoms with Crippen LogP contribution in [0.2, 0.25) is 0 Å². The summed E-state index contributed by atoms with van der Waals surface area (Å²) < 4.78 is 1.35. The second-order valence-electron chi connectivity index (χ2n) is 3.99. The van der Waals surface area contributed by atoms with E-state index in [2.05, 4.69) is 5.10 Å². The number of para-hydroxylation sites is 1. The van der Waals surface area contributed by atoms with Gasteiger partial charge in [0.15, 0.2) is 5.82 Å². The number of nitrogens with two attached hydrogens (primary N) is 1. The number of benzene rings is 2. The predicted octanol–water partition coefficient (Wildman–Crippen LogP) is 2.31. The lowest BCUT2D eigenvalue weighted by Gasteiger charge is -2.01. The topological polar surface area (TPSA) is 60.9 Å². The highest BCUT2D eigenvalue weighted by Crippen LogP contribution is 2.20. The summed E-state index contributed by atoms with van der Waals surface area (Å²) in [6, 6.07) is 16.4. The maximum absolute atomic E-state index is 12.3. The largest absolute Gasteiger partial charge is 0.382 e. The summed E-state index contributed by atoms with van der Waals surface area (Å²) in [6.07, 6.45) is 0. The molecular formula is C14H11N3O. The second-order valence-corrected chi connectivity index (χ2v) is 3.99. The summed E-state index contributed by atoms with van der Waals surface area (Å²) in [6.45, 7) is 0. The molecule has 88 valence electrons. The van der Waals surface area contributed by atoms with Gasteiger partial charge in [-0.15, -0.1) is 5.10 Å². The van der Waals surface area contributed by atoms with Crippen molar-refractivity contribution < 1.29 is 4.79 Å². The van der Waals surface area contributed by atoms with Gasteiger partial charge < -0.3 is 5.73 Å². The molecule has 0 aliphatic rings. The molecule has 0 unspecified atom stereocenters. The number of rotatable bonds is 1. The third-order valence-electron chi connectivity index (χ3n) is 2.83. The lowest BCUT2D eigenvalue weighted by atomic mass is 10.2. The molecule has 3 aromatic rings. The normalized spacial score (nSPS) is 10.7. The van der Waals surface area contributed by atoms with Crippen LogP contribution in [0.5, 0.6) is 0 Å². The molecule has 2 aromatic carbocycles. The van der Waals surface area contributed by atoms with Crippen molar-refractivity contribution in [1.82, 2.24) is 9.78 Å². The Morgan fingerprint density at radius 2 is 1.67 bits per heavy atom. The number of hydrogen-bond acceptors (Lipinski definition) is 3. The fourth-order valence-corrected chi connectivity index (χ4v) is 1.95. The molecule has 2 N–H and O–H groups in total. The smallest absolute Gasteiger partial charge is 0.278 e. The van der Waals surface area contributed by atoms with Crippen LogP contribution in [0.15, 0.2) is 54.6 Å². The standard InChI is InChI=1S/C14H11N3O/c15-13-11-8-4-5-9-12(11)17(16-13)14(18)10-6-2-1-3-7-10/h1-9H,(H2,15,16). The van der Waals surface area contributed by atoms with Gasteiger partial charge in [0.25, 0.3) is 5.91 Å². The van der Waals surface area contributed by atoms with Crippen LogP contribution in [0.4, 0.5) is 5.82 Å². The van der Waals surface area contributed by atoms with Gasteiger partial charge in [-0.3, -0.25) is 4.79 Å². The zero-order valence-corrected chi connectivity index (χ0v) is 9.58. The summed E-state index contributed by atoms with van der Waals surface area (Å²) in [5.41, 5.74) is 7.12. The monoisotopic (exact) mass is 237 g/mol. The Labute approximate surface area is 104 Å². The van der Waals surface area contributed by atoms with Crippen molar-refractivity contribution in [3.63, 3.8) is 0 Å². The van der Waals surface area contributed by atoms with Gasteiger partial charge in [0, 0.05) is 10.9 Å². The minimum Gasteiger partial charge on any atom is -0.382 e. The van der Waals surface area contributed by atoms with Crippen molar-refractivity contribution >= 4 is 22.6 Å². The molecule has 0 saturated heterocycles. The first kappa shape index (κ1) is 10.5. The molecule has 0 spiro atoms. The lowest BCUT2D eigenvalue weighted by Crippen LogP contribution is -2.13. The zero-order chi connectivity index (χ0) is 12.5. The zero-order valence-electron chi connectivity index (χ0n) is 9.58. The molecule has 4 nitrogen and oxygen atoms in total. The van der Waals surface area contributed by atoms with E-state index in [1.54, 1.807) is 12.1 Å². The Balaban J connectivity index is 2.19. The summed E-state index contributed by atoms with van der Waals surface area (Å²) in [5, 5.41) is 4.90. The van der Waals surface area contributed by atoms with Crippen LogP contribution in [-0.2, 0) is 0 Å². The minimum atomic E-state index is -0.177. The van der Waals surface area contributed by atoms with Gasteiger partial charge in [0.1, 0.15) is 0 Å². The molecule has 18 heavy (non-hydrogen) atoms. The molecule has 0 aliphatic carbocycles. The maximum atomic E-state index is 12.3. The van der Waals surface area contributed by atoms with Crippen molar-refractivity contribution in [1.29, 1.82) is 0 Å². The fourth-order valence-electron chi connectivity index (χ4n) is 1.95. The molecule has 0 amide bonds. The Kier molecular flexibility index (Phi) is 2.34. The fraction of sp³-hybridized carbons (Fsp3) is 0. The van der Waals surface area contributed by atoms with E-state index in [-0.39, 0.29) is 5.91 Å². The number of carbonyl (C=O) groups excluding carboxylic acids is 1. The van der Waals surface area contributed by atoms with Gasteiger partial charge in [-0.05, 0) is 24.3 Å². The van der Waals surface area contributed by atoms with Crippen molar-refractivity contribution in [3.05, 3.63) is 60.2 Å².